The minimum absolute atomic E-state index is 0.287. The van der Waals surface area contributed by atoms with Gasteiger partial charge in [0.15, 0.2) is 0 Å². The molecule has 0 unspecified atom stereocenters. The molecule has 1 saturated carbocycles. The first-order chi connectivity index (χ1) is 9.07. The molecule has 0 aromatic carbocycles. The van der Waals surface area contributed by atoms with Gasteiger partial charge in [-0.15, -0.1) is 0 Å². The van der Waals surface area contributed by atoms with Gasteiger partial charge < -0.3 is 15.7 Å². The van der Waals surface area contributed by atoms with Crippen LogP contribution in [0.25, 0.3) is 0 Å². The molecule has 1 fully saturated rings. The molecule has 1 aliphatic rings. The van der Waals surface area contributed by atoms with Crippen LogP contribution in [0.1, 0.15) is 37.8 Å². The summed E-state index contributed by atoms with van der Waals surface area (Å²) in [6.07, 6.45) is 6.42. The summed E-state index contributed by atoms with van der Waals surface area (Å²) in [5, 5.41) is 15.8. The number of pyridine rings is 1. The average molecular weight is 263 g/mol. The number of carbonyl (C=O) groups excluding carboxylic acids is 1. The van der Waals surface area contributed by atoms with Gasteiger partial charge in [0.05, 0.1) is 5.60 Å². The Morgan fingerprint density at radius 2 is 2.16 bits per heavy atom. The number of aliphatic hydroxyl groups is 1. The number of amides is 2. The van der Waals surface area contributed by atoms with Crippen LogP contribution < -0.4 is 10.6 Å². The zero-order valence-corrected chi connectivity index (χ0v) is 11.3. The van der Waals surface area contributed by atoms with E-state index in [-0.39, 0.29) is 6.03 Å². The first-order valence-electron chi connectivity index (χ1n) is 6.77. The van der Waals surface area contributed by atoms with Crippen molar-refractivity contribution in [2.24, 2.45) is 0 Å². The van der Waals surface area contributed by atoms with Crippen LogP contribution in [0.5, 0.6) is 0 Å². The fraction of sp³-hybridized carbons (Fsp3) is 0.571. The number of anilines is 1. The minimum atomic E-state index is -0.732. The molecule has 1 aliphatic carbocycles. The Bertz CT molecular complexity index is 442. The molecule has 104 valence electrons. The molecular formula is C14H21N3O2. The second-order valence-electron chi connectivity index (χ2n) is 5.28. The van der Waals surface area contributed by atoms with E-state index in [9.17, 15) is 9.90 Å². The largest absolute Gasteiger partial charge is 0.388 e. The number of hydrogen-bond donors (Lipinski definition) is 3. The Kier molecular flexibility index (Phi) is 4.37. The average Bonchev–Trinajstić information content (AvgIpc) is 2.38. The Morgan fingerprint density at radius 1 is 1.42 bits per heavy atom. The maximum absolute atomic E-state index is 11.8. The first-order valence-corrected chi connectivity index (χ1v) is 6.77. The summed E-state index contributed by atoms with van der Waals surface area (Å²) in [4.78, 5) is 15.8. The Labute approximate surface area is 113 Å². The summed E-state index contributed by atoms with van der Waals surface area (Å²) in [6.45, 7) is 2.18. The van der Waals surface area contributed by atoms with Crippen molar-refractivity contribution in [3.05, 3.63) is 24.0 Å². The Balaban J connectivity index is 1.81. The van der Waals surface area contributed by atoms with Crippen LogP contribution in [0.3, 0.4) is 0 Å². The van der Waals surface area contributed by atoms with E-state index in [4.69, 9.17) is 0 Å². The standard InChI is InChI=1S/C14H21N3O2/c1-11-9-12(5-8-15-11)17-13(18)16-10-14(19)6-3-2-4-7-14/h5,8-9,19H,2-4,6-7,10H2,1H3,(H2,15,16,17,18). The molecule has 1 aromatic heterocycles. The third-order valence-corrected chi connectivity index (χ3v) is 3.52. The smallest absolute Gasteiger partial charge is 0.319 e. The van der Waals surface area contributed by atoms with Gasteiger partial charge >= 0.3 is 6.03 Å². The van der Waals surface area contributed by atoms with Gasteiger partial charge in [0.1, 0.15) is 0 Å². The van der Waals surface area contributed by atoms with Gasteiger partial charge in [-0.1, -0.05) is 19.3 Å². The molecule has 1 aromatic rings. The van der Waals surface area contributed by atoms with Gasteiger partial charge in [0.2, 0.25) is 0 Å². The fourth-order valence-electron chi connectivity index (χ4n) is 2.43. The van der Waals surface area contributed by atoms with Gasteiger partial charge in [-0.25, -0.2) is 4.79 Å². The molecule has 2 amide bonds. The van der Waals surface area contributed by atoms with E-state index in [1.807, 2.05) is 6.92 Å². The predicted octanol–water partition coefficient (Wildman–Crippen LogP) is 2.21. The van der Waals surface area contributed by atoms with Crippen LogP contribution in [0.15, 0.2) is 18.3 Å². The quantitative estimate of drug-likeness (QED) is 0.782. The molecule has 1 heterocycles. The van der Waals surface area contributed by atoms with Crippen molar-refractivity contribution in [2.45, 2.75) is 44.6 Å². The molecule has 0 spiro atoms. The van der Waals surface area contributed by atoms with E-state index in [2.05, 4.69) is 15.6 Å². The Hall–Kier alpha value is -1.62. The van der Waals surface area contributed by atoms with Crippen molar-refractivity contribution in [1.29, 1.82) is 0 Å². The van der Waals surface area contributed by atoms with Crippen molar-refractivity contribution in [3.8, 4) is 0 Å². The lowest BCUT2D eigenvalue weighted by Crippen LogP contribution is -2.45. The van der Waals surface area contributed by atoms with E-state index in [1.54, 1.807) is 18.3 Å². The zero-order chi connectivity index (χ0) is 13.7. The monoisotopic (exact) mass is 263 g/mol. The van der Waals surface area contributed by atoms with Gasteiger partial charge in [-0.3, -0.25) is 4.98 Å². The van der Waals surface area contributed by atoms with E-state index in [0.29, 0.717) is 12.2 Å². The third kappa shape index (κ3) is 4.21. The molecule has 0 radical (unpaired) electrons. The van der Waals surface area contributed by atoms with Crippen molar-refractivity contribution >= 4 is 11.7 Å². The summed E-state index contributed by atoms with van der Waals surface area (Å²) in [5.74, 6) is 0. The van der Waals surface area contributed by atoms with Gasteiger partial charge in [0.25, 0.3) is 0 Å². The molecule has 19 heavy (non-hydrogen) atoms. The summed E-state index contributed by atoms with van der Waals surface area (Å²) in [5.41, 5.74) is 0.827. The zero-order valence-electron chi connectivity index (χ0n) is 11.3. The SMILES string of the molecule is Cc1cc(NC(=O)NCC2(O)CCCCC2)ccn1. The van der Waals surface area contributed by atoms with Crippen molar-refractivity contribution in [1.82, 2.24) is 10.3 Å². The number of nitrogens with zero attached hydrogens (tertiary/aromatic N) is 1. The normalized spacial score (nSPS) is 17.8. The van der Waals surface area contributed by atoms with Crippen molar-refractivity contribution < 1.29 is 9.90 Å². The fourth-order valence-corrected chi connectivity index (χ4v) is 2.43. The number of aryl methyl sites for hydroxylation is 1. The number of carbonyl (C=O) groups is 1. The number of nitrogens with one attached hydrogen (secondary N) is 2. The maximum Gasteiger partial charge on any atom is 0.319 e. The molecule has 3 N–H and O–H groups in total. The van der Waals surface area contributed by atoms with Crippen LogP contribution in [0, 0.1) is 6.92 Å². The highest BCUT2D eigenvalue weighted by atomic mass is 16.3. The molecule has 0 atom stereocenters. The van der Waals surface area contributed by atoms with E-state index >= 15 is 0 Å². The lowest BCUT2D eigenvalue weighted by atomic mass is 9.85. The van der Waals surface area contributed by atoms with Gasteiger partial charge in [-0.2, -0.15) is 0 Å². The highest BCUT2D eigenvalue weighted by Crippen LogP contribution is 2.27. The number of hydrogen-bond acceptors (Lipinski definition) is 3. The molecule has 0 bridgehead atoms. The van der Waals surface area contributed by atoms with Crippen LogP contribution in [0.2, 0.25) is 0 Å². The van der Waals surface area contributed by atoms with Crippen LogP contribution >= 0.6 is 0 Å². The minimum Gasteiger partial charge on any atom is -0.388 e. The molecule has 2 rings (SSSR count). The van der Waals surface area contributed by atoms with Crippen LogP contribution in [-0.2, 0) is 0 Å². The predicted molar refractivity (Wildman–Crippen MR) is 74.0 cm³/mol. The number of aromatic nitrogens is 1. The summed E-state index contributed by atoms with van der Waals surface area (Å²) in [7, 11) is 0. The lowest BCUT2D eigenvalue weighted by molar-refractivity contribution is 0.00755. The second kappa shape index (κ2) is 6.02. The number of rotatable bonds is 3. The van der Waals surface area contributed by atoms with Crippen molar-refractivity contribution in [3.63, 3.8) is 0 Å². The lowest BCUT2D eigenvalue weighted by Gasteiger charge is -2.32. The molecule has 5 heteroatoms. The second-order valence-corrected chi connectivity index (χ2v) is 5.28. The highest BCUT2D eigenvalue weighted by molar-refractivity contribution is 5.89. The van der Waals surface area contributed by atoms with E-state index in [0.717, 1.165) is 31.4 Å². The topological polar surface area (TPSA) is 74.2 Å². The van der Waals surface area contributed by atoms with E-state index in [1.165, 1.54) is 6.42 Å². The first kappa shape index (κ1) is 13.8. The van der Waals surface area contributed by atoms with E-state index < -0.39 is 5.60 Å². The summed E-state index contributed by atoms with van der Waals surface area (Å²) >= 11 is 0. The van der Waals surface area contributed by atoms with Crippen LogP contribution in [-0.4, -0.2) is 28.3 Å². The summed E-state index contributed by atoms with van der Waals surface area (Å²) < 4.78 is 0. The molecule has 0 saturated heterocycles. The van der Waals surface area contributed by atoms with Gasteiger partial charge in [-0.05, 0) is 31.9 Å². The Morgan fingerprint density at radius 3 is 2.84 bits per heavy atom. The highest BCUT2D eigenvalue weighted by Gasteiger charge is 2.29. The van der Waals surface area contributed by atoms with Crippen LogP contribution in [0.4, 0.5) is 10.5 Å². The number of urea groups is 1. The summed E-state index contributed by atoms with van der Waals surface area (Å²) in [6, 6.07) is 3.25. The maximum atomic E-state index is 11.8. The van der Waals surface area contributed by atoms with Crippen molar-refractivity contribution in [2.75, 3.05) is 11.9 Å². The molecule has 5 nitrogen and oxygen atoms in total. The van der Waals surface area contributed by atoms with Gasteiger partial charge in [0, 0.05) is 24.1 Å². The molecule has 0 aliphatic heterocycles. The third-order valence-electron chi connectivity index (χ3n) is 3.52. The molecular weight excluding hydrogens is 242 g/mol.